The zero-order valence-electron chi connectivity index (χ0n) is 64.9. The predicted molar refractivity (Wildman–Crippen MR) is 470 cm³/mol. The Kier molecular flexibility index (Phi) is 40.7. The number of piperidine rings is 2. The van der Waals surface area contributed by atoms with Crippen LogP contribution < -0.4 is 33.4 Å². The van der Waals surface area contributed by atoms with Gasteiger partial charge in [-0.05, 0) is 181 Å². The molecule has 4 fully saturated rings. The van der Waals surface area contributed by atoms with Gasteiger partial charge < -0.3 is 63.5 Å². The van der Waals surface area contributed by atoms with Gasteiger partial charge in [0.25, 0.3) is 0 Å². The summed E-state index contributed by atoms with van der Waals surface area (Å²) in [4.78, 5) is 97.9. The fraction of sp³-hybridized carbons (Fsp3) is 0.595. The average Bonchev–Trinajstić information content (AvgIpc) is 1.76. The zero-order chi connectivity index (χ0) is 81.3. The number of nitrogens with zero attached hydrogens (tertiary/aromatic N) is 10. The number of hydrogen-bond acceptors (Lipinski definition) is 22. The fourth-order valence-corrected chi connectivity index (χ4v) is 14.0. The van der Waals surface area contributed by atoms with Crippen LogP contribution in [-0.2, 0) is 53.1 Å². The second-order valence-electron chi connectivity index (χ2n) is 29.7. The first kappa shape index (κ1) is 97.1. The van der Waals surface area contributed by atoms with Crippen molar-refractivity contribution in [3.63, 3.8) is 0 Å². The fourth-order valence-electron chi connectivity index (χ4n) is 12.7. The topological polar surface area (TPSA) is 356 Å². The van der Waals surface area contributed by atoms with Crippen LogP contribution in [0.1, 0.15) is 145 Å². The molecule has 6 aromatic rings. The van der Waals surface area contributed by atoms with E-state index >= 15 is 0 Å². The molecule has 10 rings (SSSR count). The van der Waals surface area contributed by atoms with Crippen molar-refractivity contribution in [1.82, 2.24) is 48.7 Å². The minimum absolute atomic E-state index is 0. The van der Waals surface area contributed by atoms with Gasteiger partial charge in [-0.2, -0.15) is 9.97 Å². The number of nitrogens with one attached hydrogen (secondary N) is 2. The molecule has 620 valence electrons. The van der Waals surface area contributed by atoms with E-state index in [1.807, 2.05) is 92.0 Å². The van der Waals surface area contributed by atoms with E-state index in [2.05, 4.69) is 95.1 Å². The number of likely N-dealkylation sites (tertiary alicyclic amines) is 2. The number of carboxylic acids is 1. The quantitative estimate of drug-likeness (QED) is 0.0200. The summed E-state index contributed by atoms with van der Waals surface area (Å²) in [6.45, 7) is 16.5. The Bertz CT molecular complexity index is 4220. The normalized spacial score (nSPS) is 18.2. The molecule has 0 bridgehead atoms. The van der Waals surface area contributed by atoms with Crippen LogP contribution in [0, 0.1) is 11.8 Å². The number of likely N-dealkylation sites (N-methyl/N-ethyl adjacent to an activating group) is 2. The van der Waals surface area contributed by atoms with E-state index < -0.39 is 67.1 Å². The number of hydrogen-bond donors (Lipinski definition) is 4. The summed E-state index contributed by atoms with van der Waals surface area (Å²) < 4.78 is 77.5. The molecule has 37 heteroatoms. The number of aliphatic hydroxyl groups is 1. The molecule has 29 nitrogen and oxygen atoms in total. The summed E-state index contributed by atoms with van der Waals surface area (Å²) in [5.41, 5.74) is 0.570. The molecule has 2 saturated carbocycles. The van der Waals surface area contributed by atoms with Gasteiger partial charge in [0.1, 0.15) is 72.2 Å². The van der Waals surface area contributed by atoms with E-state index in [0.29, 0.717) is 120 Å². The van der Waals surface area contributed by atoms with Crippen LogP contribution in [0.5, 0.6) is 11.5 Å². The Labute approximate surface area is 722 Å². The Hall–Kier alpha value is -4.46. The minimum atomic E-state index is -3.04. The van der Waals surface area contributed by atoms with Gasteiger partial charge in [-0.25, -0.2) is 46.0 Å². The third-order valence-corrected chi connectivity index (χ3v) is 20.9. The molecular formula is C74H107I6N12O17S2-. The number of carbonyl (C=O) groups is 6. The number of aliphatic carboxylic acids is 1. The van der Waals surface area contributed by atoms with Gasteiger partial charge in [-0.1, -0.05) is 12.1 Å². The summed E-state index contributed by atoms with van der Waals surface area (Å²) >= 11 is 9.54. The average molecular weight is 2260 g/mol. The first-order valence-electron chi connectivity index (χ1n) is 36.5. The summed E-state index contributed by atoms with van der Waals surface area (Å²) in [6, 6.07) is 17.8. The van der Waals surface area contributed by atoms with Gasteiger partial charge in [0.2, 0.25) is 23.7 Å². The Morgan fingerprint density at radius 3 is 1.32 bits per heavy atom. The van der Waals surface area contributed by atoms with Crippen molar-refractivity contribution >= 4 is 188 Å². The summed E-state index contributed by atoms with van der Waals surface area (Å²) in [6.07, 6.45) is 17.9. The number of rotatable bonds is 23. The number of carbonyl (C=O) groups excluding carboxylic acids is 5. The molecular weight excluding hydrogens is 2150 g/mol. The van der Waals surface area contributed by atoms with Crippen molar-refractivity contribution in [2.75, 3.05) is 88.1 Å². The summed E-state index contributed by atoms with van der Waals surface area (Å²) in [7, 11) is -3.13. The molecule has 0 spiro atoms. The number of benzene rings is 2. The van der Waals surface area contributed by atoms with Gasteiger partial charge in [0.05, 0.1) is 41.9 Å². The van der Waals surface area contributed by atoms with Crippen LogP contribution in [0.2, 0.25) is 0 Å². The molecule has 4 amide bonds. The summed E-state index contributed by atoms with van der Waals surface area (Å²) in [5.74, 6) is 2.92. The number of aliphatic hydroxyl groups excluding tert-OH is 1. The number of fused-ring (bicyclic) bond motifs is 2. The Balaban J connectivity index is 0.000000327. The molecule has 2 aromatic carbocycles. The molecule has 2 atom stereocenters. The molecule has 111 heavy (non-hydrogen) atoms. The van der Waals surface area contributed by atoms with Crippen molar-refractivity contribution in [2.45, 2.75) is 193 Å². The third kappa shape index (κ3) is 32.2. The van der Waals surface area contributed by atoms with Crippen molar-refractivity contribution in [1.29, 1.82) is 0 Å². The second-order valence-corrected chi connectivity index (χ2v) is 50.5. The maximum atomic E-state index is 13.4. The van der Waals surface area contributed by atoms with Gasteiger partial charge >= 0.3 is 74.6 Å². The van der Waals surface area contributed by atoms with Crippen molar-refractivity contribution < 1.29 is 92.8 Å². The van der Waals surface area contributed by atoms with Crippen molar-refractivity contribution in [3.05, 3.63) is 85.5 Å². The molecule has 4 aliphatic rings. The van der Waals surface area contributed by atoms with Gasteiger partial charge in [-0.15, -0.1) is 24.0 Å². The van der Waals surface area contributed by atoms with E-state index in [1.165, 1.54) is 38.4 Å². The number of anilines is 2. The first-order chi connectivity index (χ1) is 51.9. The van der Waals surface area contributed by atoms with Crippen LogP contribution in [0.25, 0.3) is 33.4 Å². The molecule has 0 unspecified atom stereocenters. The van der Waals surface area contributed by atoms with Crippen LogP contribution in [0.15, 0.2) is 85.5 Å². The van der Waals surface area contributed by atoms with E-state index in [4.69, 9.17) is 38.8 Å². The number of ether oxygens (including phenoxy) is 5. The molecule has 2 saturated heterocycles. The predicted octanol–water partition coefficient (Wildman–Crippen LogP) is 10.7. The SMILES string of the molecule is CS(=O)(=O)CCCOc1cccc2c1ccn2-c1ccnc(NC2CCC(C(=O)N3CCC(O)CC3)CC2)n1.C[C@@H](C(=O)O)N(C)C(=O)OC(C)(C)C.C[C@@H](C(=O)OC1CCN(C(=O)C2CCC(Nc3nccc(-n4ccc5c(OCCCS(C)(=O)=O)cccc54)n3)CC2)CC1)N(C)C(=O)OC(C)(C)C.I.II.I[I-]I. The molecule has 6 heterocycles. The molecule has 2 aliphatic carbocycles. The molecule has 4 N–H and O–H groups in total. The number of carboxylic acid groups (broad SMARTS) is 1. The van der Waals surface area contributed by atoms with E-state index in [1.54, 1.807) is 60.9 Å². The van der Waals surface area contributed by atoms with Crippen LogP contribution in [0.3, 0.4) is 0 Å². The molecule has 0 radical (unpaired) electrons. The number of aromatic nitrogens is 6. The molecule has 4 aromatic heterocycles. The van der Waals surface area contributed by atoms with Crippen LogP contribution >= 0.6 is 98.4 Å². The van der Waals surface area contributed by atoms with E-state index in [-0.39, 0.29) is 83.4 Å². The van der Waals surface area contributed by atoms with Crippen LogP contribution in [-0.4, -0.2) is 237 Å². The van der Waals surface area contributed by atoms with Crippen LogP contribution in [0.4, 0.5) is 21.5 Å². The number of esters is 1. The van der Waals surface area contributed by atoms with Crippen molar-refractivity contribution in [3.8, 4) is 23.1 Å². The monoisotopic (exact) mass is 2260 g/mol. The standard InChI is InChI=1S/C37H52N6O8S.C28H37N5O5S.C9H17NO4.I3.I2.HI/c1-25(41(5)36(46)51-37(2,3)4)34(45)50-28-16-20-42(21-17-28)33(44)26-11-13-27(14-12-26)39-35-38-19-15-32(40-35)43-22-18-29-30(43)9-7-10-31(29)49-23-8-24-52(6,47)48;1-39(36,37)19-3-18-38-25-5-2-4-24-23(25)13-17-33(24)26-10-14-29-28(31-26)30-21-8-6-20(7-9-21)27(35)32-15-11-22(34)12-16-32;1-6(7(11)12)10(5)8(13)14-9(2,3)4;1-3-2;1-2;/h7,9-10,15,18-19,22,25-28H,8,11-14,16-17,20-21,23-24H2,1-6H3,(H,38,39,40);2,4-5,10,13-14,17,20-22,34H,3,6-9,11-12,15-16,18-19H2,1H3,(H,29,30,31);6H,1-5H3,(H,11,12);;;1H/q;;;-1;;/t25-,26?,27?;;6-;;;/m0.0.../s1. The van der Waals surface area contributed by atoms with Gasteiger partial charge in [-0.3, -0.25) is 19.4 Å². The number of halogens is 6. The first-order valence-corrected chi connectivity index (χ1v) is 59.5. The maximum absolute atomic E-state index is 13.4. The number of amides is 4. The number of sulfone groups is 2. The Morgan fingerprint density at radius 1 is 0.586 bits per heavy atom. The van der Waals surface area contributed by atoms with Gasteiger partial charge in [0, 0.05) is 162 Å². The van der Waals surface area contributed by atoms with Crippen molar-refractivity contribution in [2.24, 2.45) is 11.8 Å². The third-order valence-electron chi connectivity index (χ3n) is 18.9. The van der Waals surface area contributed by atoms with E-state index in [0.717, 1.165) is 83.9 Å². The van der Waals surface area contributed by atoms with Gasteiger partial charge in [0.15, 0.2) is 0 Å². The second kappa shape index (κ2) is 46.5. The zero-order valence-corrected chi connectivity index (χ0v) is 79.6. The Morgan fingerprint density at radius 2 is 0.955 bits per heavy atom. The van der Waals surface area contributed by atoms with E-state index in [9.17, 15) is 50.7 Å². The molecule has 2 aliphatic heterocycles. The summed E-state index contributed by atoms with van der Waals surface area (Å²) in [5, 5.41) is 27.1.